The van der Waals surface area contributed by atoms with Gasteiger partial charge in [0, 0.05) is 49.2 Å². The highest BCUT2D eigenvalue weighted by Gasteiger charge is 2.29. The summed E-state index contributed by atoms with van der Waals surface area (Å²) < 4.78 is 4.69. The van der Waals surface area contributed by atoms with Crippen molar-refractivity contribution in [3.63, 3.8) is 0 Å². The Morgan fingerprint density at radius 1 is 1.09 bits per heavy atom. The smallest absolute Gasteiger partial charge is 0.224 e. The Hall–Kier alpha value is -3.33. The van der Waals surface area contributed by atoms with Crippen LogP contribution in [-0.2, 0) is 7.05 Å². The molecule has 1 N–H and O–H groups in total. The highest BCUT2D eigenvalue weighted by molar-refractivity contribution is 9.10. The van der Waals surface area contributed by atoms with Gasteiger partial charge in [-0.3, -0.25) is 4.98 Å². The van der Waals surface area contributed by atoms with E-state index in [1.165, 1.54) is 0 Å². The van der Waals surface area contributed by atoms with Crippen LogP contribution < -0.4 is 5.32 Å². The highest BCUT2D eigenvalue weighted by Crippen LogP contribution is 2.35. The molecule has 0 radical (unpaired) electrons. The number of rotatable bonds is 4. The predicted octanol–water partition coefficient (Wildman–Crippen LogP) is 4.61. The van der Waals surface area contributed by atoms with E-state index in [0.29, 0.717) is 17.9 Å². The van der Waals surface area contributed by atoms with E-state index < -0.39 is 0 Å². The number of nitrogens with one attached hydrogen (secondary N) is 1. The molecule has 2 atom stereocenters. The van der Waals surface area contributed by atoms with Gasteiger partial charge in [0.25, 0.3) is 0 Å². The number of anilines is 1. The molecule has 9 heteroatoms. The van der Waals surface area contributed by atoms with Crippen LogP contribution in [0.25, 0.3) is 27.6 Å². The Morgan fingerprint density at radius 3 is 2.91 bits per heavy atom. The van der Waals surface area contributed by atoms with E-state index in [2.05, 4.69) is 59.0 Å². The summed E-state index contributed by atoms with van der Waals surface area (Å²) in [7, 11) is 2.06. The third kappa shape index (κ3) is 3.33. The maximum Gasteiger partial charge on any atom is 0.224 e. The van der Waals surface area contributed by atoms with E-state index in [1.807, 2.05) is 47.5 Å². The second-order valence-electron chi connectivity index (χ2n) is 8.26. The Labute approximate surface area is 192 Å². The molecule has 8 nitrogen and oxygen atoms in total. The SMILES string of the molecule is Cn1ccnc1C1CCC(Nc2ncc3c(Br)nn(-c4ccc5ncccc5c4)c3n2)C1. The van der Waals surface area contributed by atoms with Gasteiger partial charge in [-0.15, -0.1) is 0 Å². The van der Waals surface area contributed by atoms with E-state index in [9.17, 15) is 0 Å². The topological polar surface area (TPSA) is 86.3 Å². The molecule has 4 heterocycles. The number of hydrogen-bond acceptors (Lipinski definition) is 6. The second kappa shape index (κ2) is 7.67. The Bertz CT molecular complexity index is 1440. The normalized spacial score (nSPS) is 18.6. The molecule has 1 fully saturated rings. The van der Waals surface area contributed by atoms with Crippen LogP contribution in [0.5, 0.6) is 0 Å². The van der Waals surface area contributed by atoms with Crippen molar-refractivity contribution in [1.82, 2.24) is 34.3 Å². The quantitative estimate of drug-likeness (QED) is 0.397. The molecule has 32 heavy (non-hydrogen) atoms. The molecule has 2 unspecified atom stereocenters. The molecule has 1 aliphatic carbocycles. The molecule has 160 valence electrons. The largest absolute Gasteiger partial charge is 0.351 e. The molecule has 1 aromatic carbocycles. The summed E-state index contributed by atoms with van der Waals surface area (Å²) in [5, 5.41) is 10.1. The standard InChI is InChI=1S/C23H21BrN8/c1-31-10-9-26-21(31)15-4-5-16(11-15)28-23-27-13-18-20(24)30-32(22(18)29-23)17-6-7-19-14(12-17)3-2-8-25-19/h2-3,6-10,12-13,15-16H,4-5,11H2,1H3,(H,27,28,29). The lowest BCUT2D eigenvalue weighted by molar-refractivity contribution is 0.624. The van der Waals surface area contributed by atoms with E-state index >= 15 is 0 Å². The zero-order valence-electron chi connectivity index (χ0n) is 17.5. The number of fused-ring (bicyclic) bond motifs is 2. The van der Waals surface area contributed by atoms with Crippen LogP contribution in [0.2, 0.25) is 0 Å². The third-order valence-electron chi connectivity index (χ3n) is 6.20. The number of benzene rings is 1. The van der Waals surface area contributed by atoms with E-state index in [1.54, 1.807) is 6.20 Å². The van der Waals surface area contributed by atoms with Gasteiger partial charge in [0.05, 0.1) is 16.6 Å². The number of nitrogens with zero attached hydrogens (tertiary/aromatic N) is 7. The lowest BCUT2D eigenvalue weighted by Gasteiger charge is -2.13. The number of hydrogen-bond donors (Lipinski definition) is 1. The Kier molecular flexibility index (Phi) is 4.64. The fourth-order valence-corrected chi connectivity index (χ4v) is 5.05. The molecule has 6 rings (SSSR count). The molecule has 1 saturated carbocycles. The number of pyridine rings is 1. The van der Waals surface area contributed by atoms with Crippen molar-refractivity contribution in [2.24, 2.45) is 7.05 Å². The van der Waals surface area contributed by atoms with Gasteiger partial charge >= 0.3 is 0 Å². The van der Waals surface area contributed by atoms with Crippen LogP contribution in [0.4, 0.5) is 5.95 Å². The fourth-order valence-electron chi connectivity index (χ4n) is 4.61. The zero-order valence-corrected chi connectivity index (χ0v) is 19.1. The van der Waals surface area contributed by atoms with Crippen molar-refractivity contribution in [2.75, 3.05) is 5.32 Å². The summed E-state index contributed by atoms with van der Waals surface area (Å²) in [5.74, 6) is 2.24. The minimum atomic E-state index is 0.320. The van der Waals surface area contributed by atoms with Crippen LogP contribution in [0.3, 0.4) is 0 Å². The van der Waals surface area contributed by atoms with Crippen LogP contribution in [0, 0.1) is 0 Å². The van der Waals surface area contributed by atoms with Crippen molar-refractivity contribution in [3.05, 3.63) is 65.5 Å². The number of aryl methyl sites for hydroxylation is 1. The zero-order chi connectivity index (χ0) is 21.7. The molecule has 4 aromatic heterocycles. The summed E-state index contributed by atoms with van der Waals surface area (Å²) in [6.07, 6.45) is 10.7. The van der Waals surface area contributed by atoms with Crippen molar-refractivity contribution < 1.29 is 0 Å². The molecule has 5 aromatic rings. The van der Waals surface area contributed by atoms with Crippen LogP contribution in [-0.4, -0.2) is 40.3 Å². The van der Waals surface area contributed by atoms with Crippen LogP contribution in [0.1, 0.15) is 31.0 Å². The minimum absolute atomic E-state index is 0.320. The summed E-state index contributed by atoms with van der Waals surface area (Å²) >= 11 is 3.56. The van der Waals surface area contributed by atoms with Gasteiger partial charge in [-0.1, -0.05) is 6.07 Å². The summed E-state index contributed by atoms with van der Waals surface area (Å²) in [4.78, 5) is 18.3. The van der Waals surface area contributed by atoms with Gasteiger partial charge in [-0.2, -0.15) is 10.1 Å². The Balaban J connectivity index is 1.31. The molecule has 0 amide bonds. The molecule has 0 saturated heterocycles. The first-order valence-corrected chi connectivity index (χ1v) is 11.5. The first-order valence-electron chi connectivity index (χ1n) is 10.7. The van der Waals surface area contributed by atoms with Crippen LogP contribution >= 0.6 is 15.9 Å². The average molecular weight is 489 g/mol. The lowest BCUT2D eigenvalue weighted by Crippen LogP contribution is -2.18. The average Bonchev–Trinajstić information content (AvgIpc) is 3.52. The number of aromatic nitrogens is 7. The molecule has 0 bridgehead atoms. The first kappa shape index (κ1) is 19.4. The molecule has 1 aliphatic rings. The second-order valence-corrected chi connectivity index (χ2v) is 9.01. The maximum atomic E-state index is 4.83. The van der Waals surface area contributed by atoms with Gasteiger partial charge in [-0.25, -0.2) is 14.6 Å². The molecular formula is C23H21BrN8. The minimum Gasteiger partial charge on any atom is -0.351 e. The van der Waals surface area contributed by atoms with Gasteiger partial charge in [0.15, 0.2) is 5.65 Å². The Morgan fingerprint density at radius 2 is 2.03 bits per heavy atom. The number of imidazole rings is 1. The first-order chi connectivity index (χ1) is 15.7. The van der Waals surface area contributed by atoms with Crippen LogP contribution in [0.15, 0.2) is 59.7 Å². The predicted molar refractivity (Wildman–Crippen MR) is 127 cm³/mol. The summed E-state index contributed by atoms with van der Waals surface area (Å²) in [6.45, 7) is 0. The van der Waals surface area contributed by atoms with E-state index in [4.69, 9.17) is 4.98 Å². The van der Waals surface area contributed by atoms with Crippen molar-refractivity contribution in [1.29, 1.82) is 0 Å². The van der Waals surface area contributed by atoms with E-state index in [-0.39, 0.29) is 0 Å². The molecule has 0 aliphatic heterocycles. The third-order valence-corrected chi connectivity index (χ3v) is 6.79. The van der Waals surface area contributed by atoms with Gasteiger partial charge < -0.3 is 9.88 Å². The fraction of sp³-hybridized carbons (Fsp3) is 0.261. The summed E-state index contributed by atoms with van der Waals surface area (Å²) in [5.41, 5.74) is 2.64. The maximum absolute atomic E-state index is 4.83. The molecule has 0 spiro atoms. The van der Waals surface area contributed by atoms with Crippen molar-refractivity contribution >= 4 is 43.8 Å². The highest BCUT2D eigenvalue weighted by atomic mass is 79.9. The monoisotopic (exact) mass is 488 g/mol. The number of halogens is 1. The molecular weight excluding hydrogens is 468 g/mol. The van der Waals surface area contributed by atoms with Crippen molar-refractivity contribution in [3.8, 4) is 5.69 Å². The van der Waals surface area contributed by atoms with Gasteiger partial charge in [0.1, 0.15) is 10.4 Å². The van der Waals surface area contributed by atoms with E-state index in [0.717, 1.165) is 57.3 Å². The lowest BCUT2D eigenvalue weighted by atomic mass is 10.1. The van der Waals surface area contributed by atoms with Crippen molar-refractivity contribution in [2.45, 2.75) is 31.2 Å². The summed E-state index contributed by atoms with van der Waals surface area (Å²) in [6, 6.07) is 10.4. The van der Waals surface area contributed by atoms with Gasteiger partial charge in [-0.05, 0) is 59.5 Å². The van der Waals surface area contributed by atoms with Gasteiger partial charge in [0.2, 0.25) is 5.95 Å².